The zero-order valence-corrected chi connectivity index (χ0v) is 8.67. The van der Waals surface area contributed by atoms with Crippen LogP contribution in [0.4, 0.5) is 0 Å². The van der Waals surface area contributed by atoms with Crippen molar-refractivity contribution in [3.63, 3.8) is 0 Å². The van der Waals surface area contributed by atoms with Crippen LogP contribution in [0.15, 0.2) is 0 Å². The topological polar surface area (TPSA) is 350 Å². The third-order valence-electron chi connectivity index (χ3n) is 0. The molecule has 0 bridgehead atoms. The monoisotopic (exact) mass is 291 g/mol. The summed E-state index contributed by atoms with van der Waals surface area (Å²) in [5.41, 5.74) is 0. The third kappa shape index (κ3) is 759000. The average molecular weight is 292 g/mol. The van der Waals surface area contributed by atoms with Gasteiger partial charge in [-0.2, -0.15) is 0 Å². The smallest absolute Gasteiger partial charge is 0.00848 e. The molecule has 0 aliphatic rings. The molecule has 0 aliphatic carbocycles. The van der Waals surface area contributed by atoms with E-state index in [-0.39, 0.29) is 60.9 Å². The Morgan fingerprint density at radius 2 is 0.385 bits per heavy atom. The van der Waals surface area contributed by atoms with Crippen LogP contribution < -0.4 is 6.15 Å². The minimum atomic E-state index is 0. The zero-order chi connectivity index (χ0) is 2.00. The first-order chi connectivity index (χ1) is 1.00. The predicted octanol–water partition coefficient (Wildman–Crippen LogP) is -7.07. The van der Waals surface area contributed by atoms with Gasteiger partial charge >= 0.3 is 0 Å². The quantitative estimate of drug-likeness (QED) is 0.417. The minimum Gasteiger partial charge on any atom is -0.412 e. The van der Waals surface area contributed by atoms with Gasteiger partial charge in [-0.1, -0.05) is 15.9 Å². The largest absolute Gasteiger partial charge is 0.412 e. The van der Waals surface area contributed by atoms with Crippen molar-refractivity contribution in [2.75, 3.05) is 5.83 Å². The standard InChI is InChI=1S/CH3Br.H3N.10H2O/c1-2;;;;;;;;;;;/h1H3;1H3;10*1H2. The molecule has 0 heterocycles. The van der Waals surface area contributed by atoms with E-state index in [1.54, 1.807) is 0 Å². The molecule has 102 valence electrons. The lowest BCUT2D eigenvalue weighted by molar-refractivity contribution is 0.823. The van der Waals surface area contributed by atoms with Crippen LogP contribution in [0, 0.1) is 0 Å². The molecule has 0 amide bonds. The molecule has 0 rings (SSSR count). The lowest BCUT2D eigenvalue weighted by atomic mass is 12.0. The van der Waals surface area contributed by atoms with E-state index in [0.29, 0.717) is 0 Å². The molecule has 0 unspecified atom stereocenters. The predicted molar refractivity (Wildman–Crippen MR) is 56.0 cm³/mol. The summed E-state index contributed by atoms with van der Waals surface area (Å²) in [6.45, 7) is 0. The van der Waals surface area contributed by atoms with Crippen molar-refractivity contribution in [1.29, 1.82) is 0 Å². The van der Waals surface area contributed by atoms with Crippen molar-refractivity contribution < 1.29 is 54.8 Å². The second-order valence-corrected chi connectivity index (χ2v) is 0. The Morgan fingerprint density at radius 3 is 0.385 bits per heavy atom. The van der Waals surface area contributed by atoms with Crippen molar-refractivity contribution in [2.45, 2.75) is 0 Å². The molecule has 0 aromatic heterocycles. The number of alkyl halides is 1. The molecule has 0 saturated carbocycles. The van der Waals surface area contributed by atoms with Gasteiger partial charge in [0.15, 0.2) is 0 Å². The first-order valence-corrected chi connectivity index (χ1v) is 1.96. The maximum absolute atomic E-state index is 2.94. The van der Waals surface area contributed by atoms with Gasteiger partial charge in [0.2, 0.25) is 0 Å². The Balaban J connectivity index is -0.0000000000909. The second-order valence-electron chi connectivity index (χ2n) is 0. The van der Waals surface area contributed by atoms with Gasteiger partial charge in [0, 0.05) is 0 Å². The summed E-state index contributed by atoms with van der Waals surface area (Å²) in [4.78, 5) is 0. The van der Waals surface area contributed by atoms with E-state index in [4.69, 9.17) is 0 Å². The number of rotatable bonds is 0. The van der Waals surface area contributed by atoms with Crippen LogP contribution in [0.2, 0.25) is 0 Å². The summed E-state index contributed by atoms with van der Waals surface area (Å²) in [7, 11) is 0. The van der Waals surface area contributed by atoms with Gasteiger partial charge in [-0.3, -0.25) is 0 Å². The van der Waals surface area contributed by atoms with Crippen LogP contribution in [0.1, 0.15) is 0 Å². The Hall–Kier alpha value is 0.0400. The maximum Gasteiger partial charge on any atom is -0.00848 e. The molecule has 0 spiro atoms. The molecule has 0 aliphatic heterocycles. The summed E-state index contributed by atoms with van der Waals surface area (Å²) >= 11 is 2.94. The molecule has 0 fully saturated rings. The summed E-state index contributed by atoms with van der Waals surface area (Å²) in [5.74, 6) is 1.81. The lowest BCUT2D eigenvalue weighted by Gasteiger charge is -1.05. The summed E-state index contributed by atoms with van der Waals surface area (Å²) < 4.78 is 0. The number of hydrogen-bond acceptors (Lipinski definition) is 1. The lowest BCUT2D eigenvalue weighted by Crippen LogP contribution is -0.808. The molecular weight excluding hydrogens is 266 g/mol. The van der Waals surface area contributed by atoms with Crippen LogP contribution in [-0.2, 0) is 0 Å². The molecule has 0 radical (unpaired) electrons. The van der Waals surface area contributed by atoms with Gasteiger partial charge in [0.05, 0.1) is 0 Å². The van der Waals surface area contributed by atoms with Crippen molar-refractivity contribution in [2.24, 2.45) is 0 Å². The van der Waals surface area contributed by atoms with Crippen LogP contribution in [0.5, 0.6) is 0 Å². The van der Waals surface area contributed by atoms with Gasteiger partial charge < -0.3 is 60.9 Å². The number of halogens is 1. The van der Waals surface area contributed by atoms with E-state index in [9.17, 15) is 0 Å². The highest BCUT2D eigenvalue weighted by Gasteiger charge is 0.948. The fourth-order valence-corrected chi connectivity index (χ4v) is 0. The molecule has 13 heavy (non-hydrogen) atoms. The minimum absolute atomic E-state index is 0. The fourth-order valence-electron chi connectivity index (χ4n) is 0. The maximum atomic E-state index is 2.94. The molecule has 0 saturated heterocycles. The first-order valence-electron chi connectivity index (χ1n) is 0.378. The van der Waals surface area contributed by atoms with Crippen LogP contribution in [-0.4, -0.2) is 60.6 Å². The van der Waals surface area contributed by atoms with E-state index in [0.717, 1.165) is 0 Å². The third-order valence-corrected chi connectivity index (χ3v) is 0. The highest BCUT2D eigenvalue weighted by atomic mass is 79.9. The molecular formula is CH26BrNO10. The SMILES string of the molecule is CBr.N.O.O.O.O.O.O.O.O.O.O. The van der Waals surface area contributed by atoms with Crippen LogP contribution >= 0.6 is 15.9 Å². The Morgan fingerprint density at radius 1 is 0.385 bits per heavy atom. The average Bonchev–Trinajstić information content (AvgIpc) is 1.00. The van der Waals surface area contributed by atoms with Crippen LogP contribution in [0.25, 0.3) is 0 Å². The Labute approximate surface area is 83.6 Å². The summed E-state index contributed by atoms with van der Waals surface area (Å²) in [5, 5.41) is 0. The van der Waals surface area contributed by atoms with Crippen molar-refractivity contribution in [1.82, 2.24) is 6.15 Å². The van der Waals surface area contributed by atoms with Gasteiger partial charge in [-0.15, -0.1) is 0 Å². The Kier molecular flexibility index (Phi) is 123000000. The fraction of sp³-hybridized carbons (Fsp3) is 1.00. The molecule has 12 heteroatoms. The molecule has 11 nitrogen and oxygen atoms in total. The van der Waals surface area contributed by atoms with E-state index >= 15 is 0 Å². The van der Waals surface area contributed by atoms with E-state index in [2.05, 4.69) is 15.9 Å². The van der Waals surface area contributed by atoms with E-state index < -0.39 is 0 Å². The van der Waals surface area contributed by atoms with Crippen molar-refractivity contribution in [3.05, 3.63) is 0 Å². The van der Waals surface area contributed by atoms with Crippen molar-refractivity contribution in [3.8, 4) is 0 Å². The molecule has 0 aromatic carbocycles. The Bertz CT molecular complexity index is 14.9. The number of hydrogen-bond donors (Lipinski definition) is 1. The normalized spacial score (nSPS) is 0.462. The van der Waals surface area contributed by atoms with Gasteiger partial charge in [0.25, 0.3) is 0 Å². The second kappa shape index (κ2) is 917000. The zero-order valence-electron chi connectivity index (χ0n) is 7.09. The van der Waals surface area contributed by atoms with Gasteiger partial charge in [-0.25, -0.2) is 0 Å². The van der Waals surface area contributed by atoms with E-state index in [1.165, 1.54) is 0 Å². The van der Waals surface area contributed by atoms with Gasteiger partial charge in [0.1, 0.15) is 0 Å². The molecule has 23 N–H and O–H groups in total. The molecule has 0 atom stereocenters. The van der Waals surface area contributed by atoms with E-state index in [1.807, 2.05) is 5.83 Å². The van der Waals surface area contributed by atoms with Gasteiger partial charge in [-0.05, 0) is 5.83 Å². The highest BCUT2D eigenvalue weighted by Crippen LogP contribution is 1.45. The summed E-state index contributed by atoms with van der Waals surface area (Å²) in [6.07, 6.45) is 0. The van der Waals surface area contributed by atoms with Crippen molar-refractivity contribution >= 4 is 15.9 Å². The molecule has 0 aromatic rings. The highest BCUT2D eigenvalue weighted by molar-refractivity contribution is 9.08. The first kappa shape index (κ1) is 1750. The summed E-state index contributed by atoms with van der Waals surface area (Å²) in [6, 6.07) is 0. The van der Waals surface area contributed by atoms with Crippen LogP contribution in [0.3, 0.4) is 0 Å².